The SMILES string of the molecule is CC(CS(C)=O)NC1=NC(C(C)C)CCS1. The van der Waals surface area contributed by atoms with Gasteiger partial charge in [-0.05, 0) is 19.3 Å². The van der Waals surface area contributed by atoms with E-state index in [4.69, 9.17) is 4.99 Å². The monoisotopic (exact) mass is 262 g/mol. The van der Waals surface area contributed by atoms with Gasteiger partial charge in [-0.25, -0.2) is 0 Å². The van der Waals surface area contributed by atoms with Gasteiger partial charge in [-0.1, -0.05) is 25.6 Å². The zero-order chi connectivity index (χ0) is 12.1. The van der Waals surface area contributed by atoms with Crippen molar-refractivity contribution in [2.45, 2.75) is 39.3 Å². The molecule has 94 valence electrons. The molecule has 0 aromatic rings. The summed E-state index contributed by atoms with van der Waals surface area (Å²) in [6, 6.07) is 0.686. The molecule has 1 rings (SSSR count). The summed E-state index contributed by atoms with van der Waals surface area (Å²) in [6.45, 7) is 6.49. The Hall–Kier alpha value is -0.0300. The first kappa shape index (κ1) is 14.0. The molecule has 0 saturated heterocycles. The number of nitrogens with one attached hydrogen (secondary N) is 1. The number of thioether (sulfide) groups is 1. The standard InChI is InChI=1S/C11H22N2OS2/c1-8(2)10-5-6-15-11(13-10)12-9(3)7-16(4)14/h8-10H,5-7H2,1-4H3,(H,12,13). The first-order chi connectivity index (χ1) is 7.49. The van der Waals surface area contributed by atoms with Crippen LogP contribution in [0.25, 0.3) is 0 Å². The lowest BCUT2D eigenvalue weighted by Gasteiger charge is -2.25. The molecule has 3 nitrogen and oxygen atoms in total. The van der Waals surface area contributed by atoms with E-state index in [9.17, 15) is 4.21 Å². The van der Waals surface area contributed by atoms with Gasteiger partial charge in [0.05, 0.1) is 6.04 Å². The van der Waals surface area contributed by atoms with Crippen LogP contribution in [-0.4, -0.2) is 39.2 Å². The minimum absolute atomic E-state index is 0.239. The minimum atomic E-state index is -0.744. The second kappa shape index (κ2) is 6.64. The van der Waals surface area contributed by atoms with Gasteiger partial charge in [0, 0.05) is 34.6 Å². The van der Waals surface area contributed by atoms with Gasteiger partial charge in [0.2, 0.25) is 0 Å². The lowest BCUT2D eigenvalue weighted by Crippen LogP contribution is -2.37. The van der Waals surface area contributed by atoms with Gasteiger partial charge in [-0.2, -0.15) is 0 Å². The summed E-state index contributed by atoms with van der Waals surface area (Å²) in [4.78, 5) is 4.70. The van der Waals surface area contributed by atoms with Crippen molar-refractivity contribution < 1.29 is 4.21 Å². The Kier molecular flexibility index (Phi) is 5.83. The summed E-state index contributed by atoms with van der Waals surface area (Å²) in [7, 11) is -0.744. The van der Waals surface area contributed by atoms with Crippen LogP contribution in [0, 0.1) is 5.92 Å². The molecule has 1 aliphatic rings. The maximum atomic E-state index is 11.1. The molecule has 16 heavy (non-hydrogen) atoms. The summed E-state index contributed by atoms with van der Waals surface area (Å²) in [5.41, 5.74) is 0. The van der Waals surface area contributed by atoms with Crippen molar-refractivity contribution in [3.63, 3.8) is 0 Å². The Labute approximate surface area is 105 Å². The number of hydrogen-bond acceptors (Lipinski definition) is 4. The maximum Gasteiger partial charge on any atom is 0.157 e. The predicted octanol–water partition coefficient (Wildman–Crippen LogP) is 1.86. The molecule has 0 aromatic heterocycles. The van der Waals surface area contributed by atoms with Gasteiger partial charge in [-0.3, -0.25) is 9.20 Å². The second-order valence-electron chi connectivity index (χ2n) is 4.67. The lowest BCUT2D eigenvalue weighted by molar-refractivity contribution is 0.482. The molecule has 0 fully saturated rings. The maximum absolute atomic E-state index is 11.1. The molecule has 3 unspecified atom stereocenters. The highest BCUT2D eigenvalue weighted by Crippen LogP contribution is 2.21. The van der Waals surface area contributed by atoms with E-state index >= 15 is 0 Å². The number of nitrogens with zero attached hydrogens (tertiary/aromatic N) is 1. The fourth-order valence-corrected chi connectivity index (χ4v) is 3.53. The predicted molar refractivity (Wildman–Crippen MR) is 74.7 cm³/mol. The molecule has 0 radical (unpaired) electrons. The van der Waals surface area contributed by atoms with E-state index in [-0.39, 0.29) is 6.04 Å². The molecule has 1 N–H and O–H groups in total. The third-order valence-electron chi connectivity index (χ3n) is 2.56. The molecule has 0 aliphatic carbocycles. The van der Waals surface area contributed by atoms with E-state index in [2.05, 4.69) is 26.1 Å². The lowest BCUT2D eigenvalue weighted by atomic mass is 10.0. The molecule has 1 aliphatic heterocycles. The van der Waals surface area contributed by atoms with Crippen molar-refractivity contribution in [1.82, 2.24) is 5.32 Å². The molecule has 1 heterocycles. The molecular formula is C11H22N2OS2. The third-order valence-corrected chi connectivity index (χ3v) is 4.47. The van der Waals surface area contributed by atoms with Crippen LogP contribution in [0.15, 0.2) is 4.99 Å². The molecule has 0 aromatic carbocycles. The van der Waals surface area contributed by atoms with Crippen molar-refractivity contribution in [2.24, 2.45) is 10.9 Å². The molecular weight excluding hydrogens is 240 g/mol. The highest BCUT2D eigenvalue weighted by atomic mass is 32.2. The first-order valence-electron chi connectivity index (χ1n) is 5.76. The Bertz CT molecular complexity index is 279. The third kappa shape index (κ3) is 4.87. The molecule has 3 atom stereocenters. The van der Waals surface area contributed by atoms with Crippen LogP contribution in [0.1, 0.15) is 27.2 Å². The van der Waals surface area contributed by atoms with Gasteiger partial charge in [0.15, 0.2) is 5.17 Å². The fraction of sp³-hybridized carbons (Fsp3) is 0.909. The minimum Gasteiger partial charge on any atom is -0.362 e. The van der Waals surface area contributed by atoms with Gasteiger partial charge >= 0.3 is 0 Å². The van der Waals surface area contributed by atoms with Crippen molar-refractivity contribution in [3.8, 4) is 0 Å². The Balaban J connectivity index is 2.49. The molecule has 0 bridgehead atoms. The highest BCUT2D eigenvalue weighted by Gasteiger charge is 2.19. The number of amidine groups is 1. The number of hydrogen-bond donors (Lipinski definition) is 1. The van der Waals surface area contributed by atoms with Gasteiger partial charge in [0.1, 0.15) is 0 Å². The normalized spacial score (nSPS) is 25.1. The number of rotatable bonds is 4. The van der Waals surface area contributed by atoms with Crippen LogP contribution in [0.4, 0.5) is 0 Å². The average molecular weight is 262 g/mol. The van der Waals surface area contributed by atoms with Gasteiger partial charge in [0.25, 0.3) is 0 Å². The van der Waals surface area contributed by atoms with Crippen molar-refractivity contribution in [1.29, 1.82) is 0 Å². The molecule has 0 amide bonds. The van der Waals surface area contributed by atoms with Crippen LogP contribution in [-0.2, 0) is 10.8 Å². The van der Waals surface area contributed by atoms with E-state index in [1.165, 1.54) is 6.42 Å². The van der Waals surface area contributed by atoms with Crippen LogP contribution in [0.5, 0.6) is 0 Å². The smallest absolute Gasteiger partial charge is 0.157 e. The Morgan fingerprint density at radius 3 is 2.81 bits per heavy atom. The highest BCUT2D eigenvalue weighted by molar-refractivity contribution is 8.13. The van der Waals surface area contributed by atoms with Crippen LogP contribution in [0.3, 0.4) is 0 Å². The average Bonchev–Trinajstić information content (AvgIpc) is 2.16. The summed E-state index contributed by atoms with van der Waals surface area (Å²) >= 11 is 1.78. The van der Waals surface area contributed by atoms with Crippen LogP contribution >= 0.6 is 11.8 Å². The van der Waals surface area contributed by atoms with E-state index in [1.54, 1.807) is 18.0 Å². The largest absolute Gasteiger partial charge is 0.362 e. The molecule has 5 heteroatoms. The quantitative estimate of drug-likeness (QED) is 0.841. The van der Waals surface area contributed by atoms with E-state index in [0.717, 1.165) is 10.9 Å². The van der Waals surface area contributed by atoms with Crippen molar-refractivity contribution in [3.05, 3.63) is 0 Å². The summed E-state index contributed by atoms with van der Waals surface area (Å²) in [5, 5.41) is 4.39. The first-order valence-corrected chi connectivity index (χ1v) is 8.47. The van der Waals surface area contributed by atoms with Crippen LogP contribution in [0.2, 0.25) is 0 Å². The van der Waals surface area contributed by atoms with E-state index in [0.29, 0.717) is 17.7 Å². The van der Waals surface area contributed by atoms with Crippen molar-refractivity contribution >= 4 is 27.7 Å². The van der Waals surface area contributed by atoms with Gasteiger partial charge < -0.3 is 5.32 Å². The second-order valence-corrected chi connectivity index (χ2v) is 7.23. The summed E-state index contributed by atoms with van der Waals surface area (Å²) < 4.78 is 11.1. The molecule has 0 spiro atoms. The molecule has 0 saturated carbocycles. The Morgan fingerprint density at radius 1 is 1.56 bits per heavy atom. The zero-order valence-corrected chi connectivity index (χ0v) is 12.2. The summed E-state index contributed by atoms with van der Waals surface area (Å²) in [6.07, 6.45) is 2.91. The number of aliphatic imine (C=N–C) groups is 1. The summed E-state index contributed by atoms with van der Waals surface area (Å²) in [5.74, 6) is 2.43. The zero-order valence-electron chi connectivity index (χ0n) is 10.5. The van der Waals surface area contributed by atoms with E-state index in [1.807, 2.05) is 0 Å². The topological polar surface area (TPSA) is 41.5 Å². The Morgan fingerprint density at radius 2 is 2.25 bits per heavy atom. The van der Waals surface area contributed by atoms with Crippen molar-refractivity contribution in [2.75, 3.05) is 17.8 Å². The van der Waals surface area contributed by atoms with Crippen LogP contribution < -0.4 is 5.32 Å². The van der Waals surface area contributed by atoms with Gasteiger partial charge in [-0.15, -0.1) is 0 Å². The fourth-order valence-electron chi connectivity index (χ4n) is 1.69. The van der Waals surface area contributed by atoms with E-state index < -0.39 is 10.8 Å².